The van der Waals surface area contributed by atoms with Gasteiger partial charge in [-0.05, 0) is 17.7 Å². The molecule has 0 spiro atoms. The zero-order valence-corrected chi connectivity index (χ0v) is 7.93. The number of hydrogen-bond donors (Lipinski definition) is 2. The Balaban J connectivity index is 3.33. The quantitative estimate of drug-likeness (QED) is 0.754. The zero-order valence-electron chi connectivity index (χ0n) is 6.42. The summed E-state index contributed by atoms with van der Waals surface area (Å²) >= 11 is 11.1. The number of carboxylic acid groups (broad SMARTS) is 1. The minimum Gasteiger partial charge on any atom is -0.505 e. The van der Waals surface area contributed by atoms with Crippen molar-refractivity contribution in [2.24, 2.45) is 0 Å². The molecule has 5 heteroatoms. The molecule has 0 fully saturated rings. The number of phenols is 1. The summed E-state index contributed by atoms with van der Waals surface area (Å²) in [6.45, 7) is 0. The lowest BCUT2D eigenvalue weighted by molar-refractivity contribution is 0.0693. The third kappa shape index (κ3) is 2.05. The lowest BCUT2D eigenvalue weighted by atomic mass is 10.1. The van der Waals surface area contributed by atoms with Crippen molar-refractivity contribution in [3.63, 3.8) is 0 Å². The maximum absolute atomic E-state index is 10.6. The highest BCUT2D eigenvalue weighted by atomic mass is 35.5. The van der Waals surface area contributed by atoms with Gasteiger partial charge in [0.2, 0.25) is 0 Å². The molecule has 0 atom stereocenters. The molecule has 0 amide bonds. The summed E-state index contributed by atoms with van der Waals surface area (Å²) in [5, 5.41) is 17.9. The van der Waals surface area contributed by atoms with Crippen molar-refractivity contribution < 1.29 is 15.0 Å². The van der Waals surface area contributed by atoms with Gasteiger partial charge in [-0.3, -0.25) is 0 Å². The SMILES string of the molecule is O=C(O)c1cc(CCl)cc(Cl)c1O. The van der Waals surface area contributed by atoms with E-state index < -0.39 is 11.7 Å². The molecule has 0 aliphatic carbocycles. The Morgan fingerprint density at radius 2 is 2.08 bits per heavy atom. The molecule has 0 unspecified atom stereocenters. The molecule has 0 saturated carbocycles. The van der Waals surface area contributed by atoms with Gasteiger partial charge in [-0.25, -0.2) is 4.79 Å². The van der Waals surface area contributed by atoms with Crippen molar-refractivity contribution in [3.05, 3.63) is 28.3 Å². The van der Waals surface area contributed by atoms with Crippen LogP contribution in [-0.4, -0.2) is 16.2 Å². The second kappa shape index (κ2) is 3.85. The van der Waals surface area contributed by atoms with Crippen LogP contribution in [-0.2, 0) is 5.88 Å². The van der Waals surface area contributed by atoms with Crippen LogP contribution in [0.15, 0.2) is 12.1 Å². The molecule has 0 bridgehead atoms. The van der Waals surface area contributed by atoms with Crippen LogP contribution in [0, 0.1) is 0 Å². The normalized spacial score (nSPS) is 10.0. The van der Waals surface area contributed by atoms with Crippen LogP contribution in [0.2, 0.25) is 5.02 Å². The maximum atomic E-state index is 10.6. The number of carboxylic acids is 1. The number of alkyl halides is 1. The molecule has 0 radical (unpaired) electrons. The van der Waals surface area contributed by atoms with E-state index in [0.717, 1.165) is 0 Å². The Bertz CT molecular complexity index is 349. The summed E-state index contributed by atoms with van der Waals surface area (Å²) < 4.78 is 0. The van der Waals surface area contributed by atoms with E-state index in [1.807, 2.05) is 0 Å². The number of rotatable bonds is 2. The average molecular weight is 221 g/mol. The van der Waals surface area contributed by atoms with Crippen molar-refractivity contribution in [3.8, 4) is 5.75 Å². The Hall–Kier alpha value is -0.930. The number of halogens is 2. The summed E-state index contributed by atoms with van der Waals surface area (Å²) in [5.74, 6) is -1.50. The molecule has 0 aliphatic heterocycles. The highest BCUT2D eigenvalue weighted by Gasteiger charge is 2.13. The van der Waals surface area contributed by atoms with E-state index in [1.165, 1.54) is 12.1 Å². The van der Waals surface area contributed by atoms with Gasteiger partial charge in [0, 0.05) is 5.88 Å². The van der Waals surface area contributed by atoms with Gasteiger partial charge in [0.05, 0.1) is 5.02 Å². The molecular weight excluding hydrogens is 215 g/mol. The van der Waals surface area contributed by atoms with Crippen LogP contribution in [0.25, 0.3) is 0 Å². The largest absolute Gasteiger partial charge is 0.505 e. The van der Waals surface area contributed by atoms with E-state index in [4.69, 9.17) is 28.3 Å². The van der Waals surface area contributed by atoms with Gasteiger partial charge in [0.15, 0.2) is 0 Å². The first-order valence-corrected chi connectivity index (χ1v) is 4.28. The minimum absolute atomic E-state index is 0.00412. The van der Waals surface area contributed by atoms with Crippen molar-refractivity contribution >= 4 is 29.2 Å². The summed E-state index contributed by atoms with van der Waals surface area (Å²) in [6, 6.07) is 2.72. The fourth-order valence-corrected chi connectivity index (χ4v) is 1.29. The van der Waals surface area contributed by atoms with Crippen LogP contribution in [0.3, 0.4) is 0 Å². The first-order valence-electron chi connectivity index (χ1n) is 3.37. The summed E-state index contributed by atoms with van der Waals surface area (Å²) in [7, 11) is 0. The molecule has 1 aromatic rings. The van der Waals surface area contributed by atoms with E-state index in [0.29, 0.717) is 5.56 Å². The second-order valence-electron chi connectivity index (χ2n) is 2.41. The van der Waals surface area contributed by atoms with E-state index in [-0.39, 0.29) is 16.5 Å². The Kier molecular flexibility index (Phi) is 3.01. The van der Waals surface area contributed by atoms with Gasteiger partial charge >= 0.3 is 5.97 Å². The molecule has 2 N–H and O–H groups in total. The third-order valence-electron chi connectivity index (χ3n) is 1.51. The first kappa shape index (κ1) is 10.2. The Labute approximate surface area is 84.5 Å². The number of aromatic carboxylic acids is 1. The summed E-state index contributed by atoms with van der Waals surface area (Å²) in [5.41, 5.74) is 0.324. The Morgan fingerprint density at radius 1 is 1.46 bits per heavy atom. The van der Waals surface area contributed by atoms with Gasteiger partial charge < -0.3 is 10.2 Å². The van der Waals surface area contributed by atoms with Gasteiger partial charge in [0.1, 0.15) is 11.3 Å². The van der Waals surface area contributed by atoms with Gasteiger partial charge in [-0.2, -0.15) is 0 Å². The molecular formula is C8H6Cl2O3. The first-order chi connectivity index (χ1) is 6.06. The lowest BCUT2D eigenvalue weighted by Crippen LogP contribution is -1.98. The van der Waals surface area contributed by atoms with E-state index >= 15 is 0 Å². The molecule has 0 aromatic heterocycles. The minimum atomic E-state index is -1.23. The molecule has 1 rings (SSSR count). The highest BCUT2D eigenvalue weighted by molar-refractivity contribution is 6.32. The molecule has 0 saturated heterocycles. The molecule has 70 valence electrons. The number of carbonyl (C=O) groups is 1. The van der Waals surface area contributed by atoms with Crippen LogP contribution in [0.1, 0.15) is 15.9 Å². The number of benzene rings is 1. The van der Waals surface area contributed by atoms with E-state index in [1.54, 1.807) is 0 Å². The third-order valence-corrected chi connectivity index (χ3v) is 2.10. The smallest absolute Gasteiger partial charge is 0.339 e. The van der Waals surface area contributed by atoms with Gasteiger partial charge in [-0.1, -0.05) is 11.6 Å². The molecule has 0 heterocycles. The van der Waals surface area contributed by atoms with Gasteiger partial charge in [0.25, 0.3) is 0 Å². The maximum Gasteiger partial charge on any atom is 0.339 e. The van der Waals surface area contributed by atoms with Gasteiger partial charge in [-0.15, -0.1) is 11.6 Å². The lowest BCUT2D eigenvalue weighted by Gasteiger charge is -2.03. The van der Waals surface area contributed by atoms with Crippen LogP contribution in [0.5, 0.6) is 5.75 Å². The van der Waals surface area contributed by atoms with Crippen molar-refractivity contribution in [1.82, 2.24) is 0 Å². The second-order valence-corrected chi connectivity index (χ2v) is 3.09. The monoisotopic (exact) mass is 220 g/mol. The fraction of sp³-hybridized carbons (Fsp3) is 0.125. The van der Waals surface area contributed by atoms with Crippen LogP contribution < -0.4 is 0 Å². The molecule has 3 nitrogen and oxygen atoms in total. The van der Waals surface area contributed by atoms with Crippen molar-refractivity contribution in [2.75, 3.05) is 0 Å². The topological polar surface area (TPSA) is 57.5 Å². The average Bonchev–Trinajstić information content (AvgIpc) is 2.09. The highest BCUT2D eigenvalue weighted by Crippen LogP contribution is 2.29. The molecule has 0 aliphatic rings. The number of aromatic hydroxyl groups is 1. The van der Waals surface area contributed by atoms with Crippen LogP contribution >= 0.6 is 23.2 Å². The van der Waals surface area contributed by atoms with Crippen molar-refractivity contribution in [2.45, 2.75) is 5.88 Å². The molecule has 1 aromatic carbocycles. The van der Waals surface area contributed by atoms with Crippen molar-refractivity contribution in [1.29, 1.82) is 0 Å². The predicted molar refractivity (Wildman–Crippen MR) is 49.6 cm³/mol. The number of hydrogen-bond acceptors (Lipinski definition) is 2. The zero-order chi connectivity index (χ0) is 10.0. The standard InChI is InChI=1S/C8H6Cl2O3/c9-3-4-1-5(8(12)13)7(11)6(10)2-4/h1-2,11H,3H2,(H,12,13). The van der Waals surface area contributed by atoms with Crippen LogP contribution in [0.4, 0.5) is 0 Å². The summed E-state index contributed by atoms with van der Waals surface area (Å²) in [4.78, 5) is 10.6. The summed E-state index contributed by atoms with van der Waals surface area (Å²) in [6.07, 6.45) is 0. The predicted octanol–water partition coefficient (Wildman–Crippen LogP) is 2.48. The van der Waals surface area contributed by atoms with E-state index in [2.05, 4.69) is 0 Å². The Morgan fingerprint density at radius 3 is 2.54 bits per heavy atom. The molecule has 13 heavy (non-hydrogen) atoms. The fourth-order valence-electron chi connectivity index (χ4n) is 0.895. The van der Waals surface area contributed by atoms with E-state index in [9.17, 15) is 9.90 Å².